The first-order chi connectivity index (χ1) is 10.7. The Balaban J connectivity index is 2.26. The van der Waals surface area contributed by atoms with Crippen molar-refractivity contribution in [3.05, 3.63) is 40.5 Å². The predicted molar refractivity (Wildman–Crippen MR) is 94.5 cm³/mol. The molecule has 0 aliphatic heterocycles. The van der Waals surface area contributed by atoms with E-state index in [-0.39, 0.29) is 16.6 Å². The van der Waals surface area contributed by atoms with Crippen LogP contribution in [0.4, 0.5) is 0 Å². The lowest BCUT2D eigenvalue weighted by molar-refractivity contribution is 0.102. The molecule has 0 spiro atoms. The van der Waals surface area contributed by atoms with Crippen LogP contribution in [0.3, 0.4) is 0 Å². The molecule has 0 aromatic heterocycles. The van der Waals surface area contributed by atoms with Crippen molar-refractivity contribution in [2.45, 2.75) is 65.2 Å². The summed E-state index contributed by atoms with van der Waals surface area (Å²) in [6.07, 6.45) is 5.38. The standard InChI is InChI=1S/C21H28O2/c1-13(2)14-10-15-16(11-18(14)23-6)21(5)9-7-8-20(3,4)19(21)12-17(15)22/h10-13H,7-9H2,1-6H3/t21-/m1/s1. The minimum Gasteiger partial charge on any atom is -0.496 e. The minimum atomic E-state index is -0.0478. The molecule has 124 valence electrons. The first kappa shape index (κ1) is 16.3. The Bertz CT molecular complexity index is 694. The fourth-order valence-electron chi connectivity index (χ4n) is 4.63. The number of ketones is 1. The lowest BCUT2D eigenvalue weighted by Crippen LogP contribution is -2.41. The molecular weight excluding hydrogens is 284 g/mol. The smallest absolute Gasteiger partial charge is 0.186 e. The zero-order valence-corrected chi connectivity index (χ0v) is 15.2. The van der Waals surface area contributed by atoms with Crippen LogP contribution < -0.4 is 4.74 Å². The highest BCUT2D eigenvalue weighted by Crippen LogP contribution is 2.55. The number of carbonyl (C=O) groups excluding carboxylic acids is 1. The Kier molecular flexibility index (Phi) is 3.70. The second-order valence-corrected chi connectivity index (χ2v) is 8.29. The van der Waals surface area contributed by atoms with Gasteiger partial charge in [0.1, 0.15) is 5.75 Å². The molecule has 2 aliphatic carbocycles. The number of ether oxygens (including phenoxy) is 1. The zero-order chi connectivity index (χ0) is 17.0. The van der Waals surface area contributed by atoms with Crippen molar-refractivity contribution in [2.24, 2.45) is 5.41 Å². The number of benzene rings is 1. The molecule has 1 fully saturated rings. The SMILES string of the molecule is COc1cc2c(cc1C(C)C)C(=O)C=C1C(C)(C)CCC[C@@]12C. The molecule has 0 radical (unpaired) electrons. The van der Waals surface area contributed by atoms with Crippen LogP contribution in [0.5, 0.6) is 5.75 Å². The van der Waals surface area contributed by atoms with Gasteiger partial charge in [0.25, 0.3) is 0 Å². The third-order valence-corrected chi connectivity index (χ3v) is 5.93. The van der Waals surface area contributed by atoms with Gasteiger partial charge in [-0.25, -0.2) is 0 Å². The third-order valence-electron chi connectivity index (χ3n) is 5.93. The molecular formula is C21H28O2. The highest BCUT2D eigenvalue weighted by molar-refractivity contribution is 6.08. The van der Waals surface area contributed by atoms with Crippen molar-refractivity contribution < 1.29 is 9.53 Å². The largest absolute Gasteiger partial charge is 0.496 e. The number of hydrogen-bond acceptors (Lipinski definition) is 2. The lowest BCUT2D eigenvalue weighted by atomic mass is 9.55. The number of allylic oxidation sites excluding steroid dienone is 2. The molecule has 0 heterocycles. The number of rotatable bonds is 2. The van der Waals surface area contributed by atoms with Gasteiger partial charge in [0, 0.05) is 11.0 Å². The van der Waals surface area contributed by atoms with E-state index >= 15 is 0 Å². The van der Waals surface area contributed by atoms with Crippen molar-refractivity contribution in [3.8, 4) is 5.75 Å². The third kappa shape index (κ3) is 2.34. The molecule has 0 bridgehead atoms. The first-order valence-electron chi connectivity index (χ1n) is 8.70. The average molecular weight is 312 g/mol. The van der Waals surface area contributed by atoms with E-state index in [1.165, 1.54) is 12.0 Å². The highest BCUT2D eigenvalue weighted by atomic mass is 16.5. The molecule has 1 aromatic carbocycles. The molecule has 1 aromatic rings. The van der Waals surface area contributed by atoms with Crippen LogP contribution in [-0.4, -0.2) is 12.9 Å². The first-order valence-corrected chi connectivity index (χ1v) is 8.70. The summed E-state index contributed by atoms with van der Waals surface area (Å²) in [5.41, 5.74) is 4.49. The molecule has 0 saturated heterocycles. The van der Waals surface area contributed by atoms with Crippen LogP contribution in [0.25, 0.3) is 0 Å². The number of methoxy groups -OCH3 is 1. The van der Waals surface area contributed by atoms with Gasteiger partial charge in [-0.15, -0.1) is 0 Å². The van der Waals surface area contributed by atoms with Gasteiger partial charge >= 0.3 is 0 Å². The van der Waals surface area contributed by atoms with Gasteiger partial charge in [-0.2, -0.15) is 0 Å². The molecule has 3 rings (SSSR count). The highest BCUT2D eigenvalue weighted by Gasteiger charge is 2.47. The van der Waals surface area contributed by atoms with Crippen molar-refractivity contribution in [1.82, 2.24) is 0 Å². The average Bonchev–Trinajstić information content (AvgIpc) is 2.48. The molecule has 2 nitrogen and oxygen atoms in total. The molecule has 0 N–H and O–H groups in total. The van der Waals surface area contributed by atoms with E-state index in [1.807, 2.05) is 6.08 Å². The maximum Gasteiger partial charge on any atom is 0.186 e. The lowest BCUT2D eigenvalue weighted by Gasteiger charge is -2.48. The van der Waals surface area contributed by atoms with Crippen molar-refractivity contribution >= 4 is 5.78 Å². The van der Waals surface area contributed by atoms with Gasteiger partial charge in [-0.1, -0.05) is 46.6 Å². The Morgan fingerprint density at radius 1 is 1.13 bits per heavy atom. The maximum atomic E-state index is 12.8. The second-order valence-electron chi connectivity index (χ2n) is 8.29. The molecule has 23 heavy (non-hydrogen) atoms. The van der Waals surface area contributed by atoms with Crippen LogP contribution >= 0.6 is 0 Å². The van der Waals surface area contributed by atoms with E-state index in [1.54, 1.807) is 7.11 Å². The Morgan fingerprint density at radius 3 is 2.43 bits per heavy atom. The number of fused-ring (bicyclic) bond motifs is 3. The summed E-state index contributed by atoms with van der Waals surface area (Å²) in [5.74, 6) is 1.41. The minimum absolute atomic E-state index is 0.0478. The van der Waals surface area contributed by atoms with Crippen LogP contribution in [-0.2, 0) is 5.41 Å². The monoisotopic (exact) mass is 312 g/mol. The van der Waals surface area contributed by atoms with Gasteiger partial charge in [-0.05, 0) is 53.5 Å². The topological polar surface area (TPSA) is 26.3 Å². The summed E-state index contributed by atoms with van der Waals surface area (Å²) in [6, 6.07) is 4.21. The Hall–Kier alpha value is -1.57. The zero-order valence-electron chi connectivity index (χ0n) is 15.2. The summed E-state index contributed by atoms with van der Waals surface area (Å²) in [7, 11) is 1.72. The fraction of sp³-hybridized carbons (Fsp3) is 0.571. The Morgan fingerprint density at radius 2 is 1.83 bits per heavy atom. The summed E-state index contributed by atoms with van der Waals surface area (Å²) in [5, 5.41) is 0. The molecule has 2 aliphatic rings. The normalized spacial score (nSPS) is 25.7. The molecule has 2 heteroatoms. The van der Waals surface area contributed by atoms with E-state index in [4.69, 9.17) is 4.74 Å². The summed E-state index contributed by atoms with van der Waals surface area (Å²) in [4.78, 5) is 12.8. The second kappa shape index (κ2) is 5.22. The fourth-order valence-corrected chi connectivity index (χ4v) is 4.63. The van der Waals surface area contributed by atoms with Crippen molar-refractivity contribution in [1.29, 1.82) is 0 Å². The van der Waals surface area contributed by atoms with E-state index in [2.05, 4.69) is 46.8 Å². The summed E-state index contributed by atoms with van der Waals surface area (Å²) < 4.78 is 5.65. The van der Waals surface area contributed by atoms with Gasteiger partial charge in [0.05, 0.1) is 7.11 Å². The molecule has 1 atom stereocenters. The summed E-state index contributed by atoms with van der Waals surface area (Å²) >= 11 is 0. The van der Waals surface area contributed by atoms with Gasteiger partial charge in [0.15, 0.2) is 5.78 Å². The van der Waals surface area contributed by atoms with E-state index in [9.17, 15) is 4.79 Å². The van der Waals surface area contributed by atoms with Gasteiger partial charge < -0.3 is 4.74 Å². The van der Waals surface area contributed by atoms with Crippen LogP contribution in [0.2, 0.25) is 0 Å². The van der Waals surface area contributed by atoms with Gasteiger partial charge in [0.2, 0.25) is 0 Å². The van der Waals surface area contributed by atoms with Crippen LogP contribution in [0.15, 0.2) is 23.8 Å². The van der Waals surface area contributed by atoms with E-state index < -0.39 is 0 Å². The maximum absolute atomic E-state index is 12.8. The van der Waals surface area contributed by atoms with E-state index in [0.29, 0.717) is 5.92 Å². The quantitative estimate of drug-likeness (QED) is 0.730. The van der Waals surface area contributed by atoms with Crippen LogP contribution in [0.1, 0.15) is 81.3 Å². The Labute approximate surface area is 139 Å². The number of carbonyl (C=O) groups is 1. The van der Waals surface area contributed by atoms with E-state index in [0.717, 1.165) is 35.3 Å². The molecule has 0 amide bonds. The van der Waals surface area contributed by atoms with Gasteiger partial charge in [-0.3, -0.25) is 4.79 Å². The summed E-state index contributed by atoms with van der Waals surface area (Å²) in [6.45, 7) is 11.1. The molecule has 1 saturated carbocycles. The molecule has 0 unspecified atom stereocenters. The predicted octanol–water partition coefficient (Wildman–Crippen LogP) is 5.41. The van der Waals surface area contributed by atoms with Crippen molar-refractivity contribution in [2.75, 3.05) is 7.11 Å². The van der Waals surface area contributed by atoms with Crippen molar-refractivity contribution in [3.63, 3.8) is 0 Å². The van der Waals surface area contributed by atoms with Crippen LogP contribution in [0, 0.1) is 5.41 Å². The number of hydrogen-bond donors (Lipinski definition) is 0.